The topological polar surface area (TPSA) is 29.9 Å². The van der Waals surface area contributed by atoms with Crippen LogP contribution in [0.4, 0.5) is 0 Å². The van der Waals surface area contributed by atoms with Gasteiger partial charge in [0, 0.05) is 26.0 Å². The molecule has 0 bridgehead atoms. The molecule has 1 heterocycles. The van der Waals surface area contributed by atoms with Gasteiger partial charge in [-0.2, -0.15) is 0 Å². The molecule has 16 heavy (non-hydrogen) atoms. The summed E-state index contributed by atoms with van der Waals surface area (Å²) in [7, 11) is 2.04. The first-order valence-electron chi connectivity index (χ1n) is 6.05. The molecule has 0 amide bonds. The molecule has 1 aromatic heterocycles. The highest BCUT2D eigenvalue weighted by Crippen LogP contribution is 2.25. The minimum atomic E-state index is 0.304. The fraction of sp³-hybridized carbons (Fsp3) is 0.769. The Morgan fingerprint density at radius 2 is 2.00 bits per heavy atom. The predicted molar refractivity (Wildman–Crippen MR) is 68.2 cm³/mol. The van der Waals surface area contributed by atoms with Crippen molar-refractivity contribution >= 4 is 0 Å². The van der Waals surface area contributed by atoms with Gasteiger partial charge >= 0.3 is 0 Å². The summed E-state index contributed by atoms with van der Waals surface area (Å²) < 4.78 is 2.07. The van der Waals surface area contributed by atoms with E-state index in [1.807, 2.05) is 19.4 Å². The molecule has 1 atom stereocenters. The largest absolute Gasteiger partial charge is 0.337 e. The Kier molecular flexibility index (Phi) is 4.14. The first-order chi connectivity index (χ1) is 7.34. The van der Waals surface area contributed by atoms with Gasteiger partial charge in [0.2, 0.25) is 0 Å². The Hall–Kier alpha value is -0.830. The summed E-state index contributed by atoms with van der Waals surface area (Å²) in [4.78, 5) is 4.36. The molecule has 1 rings (SSSR count). The smallest absolute Gasteiger partial charge is 0.125 e. The molecule has 0 spiro atoms. The first-order valence-corrected chi connectivity index (χ1v) is 6.05. The molecule has 1 N–H and O–H groups in total. The van der Waals surface area contributed by atoms with E-state index in [0.29, 0.717) is 17.4 Å². The highest BCUT2D eigenvalue weighted by molar-refractivity contribution is 4.97. The van der Waals surface area contributed by atoms with Gasteiger partial charge in [0.1, 0.15) is 5.82 Å². The lowest BCUT2D eigenvalue weighted by molar-refractivity contribution is 0.229. The second-order valence-corrected chi connectivity index (χ2v) is 5.64. The molecule has 1 unspecified atom stereocenters. The van der Waals surface area contributed by atoms with Gasteiger partial charge in [-0.1, -0.05) is 27.7 Å². The van der Waals surface area contributed by atoms with Crippen LogP contribution in [0, 0.1) is 11.3 Å². The van der Waals surface area contributed by atoms with Crippen molar-refractivity contribution in [3.63, 3.8) is 0 Å². The lowest BCUT2D eigenvalue weighted by Crippen LogP contribution is -2.35. The SMILES string of the molecule is CC(NCC(C)(C)C(C)C)c1nccn1C. The average molecular weight is 223 g/mol. The zero-order valence-electron chi connectivity index (χ0n) is 11.4. The highest BCUT2D eigenvalue weighted by Gasteiger charge is 2.23. The summed E-state index contributed by atoms with van der Waals surface area (Å²) in [5.41, 5.74) is 0.319. The van der Waals surface area contributed by atoms with Gasteiger partial charge in [0.15, 0.2) is 0 Å². The van der Waals surface area contributed by atoms with Gasteiger partial charge in [0.05, 0.1) is 6.04 Å². The maximum atomic E-state index is 4.36. The molecular formula is C13H25N3. The molecule has 1 aromatic rings. The highest BCUT2D eigenvalue weighted by atomic mass is 15.1. The van der Waals surface area contributed by atoms with E-state index in [4.69, 9.17) is 0 Å². The van der Waals surface area contributed by atoms with Crippen LogP contribution in [-0.4, -0.2) is 16.1 Å². The van der Waals surface area contributed by atoms with E-state index >= 15 is 0 Å². The van der Waals surface area contributed by atoms with Crippen LogP contribution in [0.1, 0.15) is 46.5 Å². The fourth-order valence-corrected chi connectivity index (χ4v) is 1.51. The van der Waals surface area contributed by atoms with Crippen molar-refractivity contribution in [2.75, 3.05) is 6.54 Å². The minimum Gasteiger partial charge on any atom is -0.337 e. The molecule has 0 saturated carbocycles. The Bertz CT molecular complexity index is 326. The molecule has 3 heteroatoms. The molecule has 3 nitrogen and oxygen atoms in total. The predicted octanol–water partition coefficient (Wildman–Crippen LogP) is 2.75. The van der Waals surface area contributed by atoms with Crippen molar-refractivity contribution in [1.82, 2.24) is 14.9 Å². The van der Waals surface area contributed by atoms with Crippen molar-refractivity contribution in [1.29, 1.82) is 0 Å². The monoisotopic (exact) mass is 223 g/mol. The van der Waals surface area contributed by atoms with Crippen LogP contribution >= 0.6 is 0 Å². The summed E-state index contributed by atoms with van der Waals surface area (Å²) in [6, 6.07) is 0.304. The van der Waals surface area contributed by atoms with Crippen molar-refractivity contribution in [3.8, 4) is 0 Å². The number of aromatic nitrogens is 2. The summed E-state index contributed by atoms with van der Waals surface area (Å²) >= 11 is 0. The standard InChI is InChI=1S/C13H25N3/c1-10(2)13(4,5)9-15-11(3)12-14-7-8-16(12)6/h7-8,10-11,15H,9H2,1-6H3. The van der Waals surface area contributed by atoms with Gasteiger partial charge < -0.3 is 9.88 Å². The lowest BCUT2D eigenvalue weighted by Gasteiger charge is -2.31. The molecule has 92 valence electrons. The van der Waals surface area contributed by atoms with Crippen molar-refractivity contribution in [2.45, 2.75) is 40.7 Å². The molecule has 0 radical (unpaired) electrons. The van der Waals surface area contributed by atoms with E-state index in [9.17, 15) is 0 Å². The van der Waals surface area contributed by atoms with Gasteiger partial charge in [0.25, 0.3) is 0 Å². The number of aryl methyl sites for hydroxylation is 1. The Morgan fingerprint density at radius 3 is 2.44 bits per heavy atom. The van der Waals surface area contributed by atoms with Gasteiger partial charge in [-0.15, -0.1) is 0 Å². The van der Waals surface area contributed by atoms with Crippen LogP contribution in [0.5, 0.6) is 0 Å². The van der Waals surface area contributed by atoms with E-state index in [1.165, 1.54) is 0 Å². The zero-order chi connectivity index (χ0) is 12.3. The quantitative estimate of drug-likeness (QED) is 0.832. The summed E-state index contributed by atoms with van der Waals surface area (Å²) in [6.45, 7) is 12.3. The number of rotatable bonds is 5. The third kappa shape index (κ3) is 3.08. The van der Waals surface area contributed by atoms with E-state index < -0.39 is 0 Å². The molecule has 0 aromatic carbocycles. The van der Waals surface area contributed by atoms with E-state index in [0.717, 1.165) is 12.4 Å². The third-order valence-electron chi connectivity index (χ3n) is 3.67. The van der Waals surface area contributed by atoms with Crippen molar-refractivity contribution in [3.05, 3.63) is 18.2 Å². The zero-order valence-corrected chi connectivity index (χ0v) is 11.4. The van der Waals surface area contributed by atoms with Crippen LogP contribution in [0.25, 0.3) is 0 Å². The minimum absolute atomic E-state index is 0.304. The molecule has 0 aliphatic carbocycles. The normalized spacial score (nSPS) is 14.4. The summed E-state index contributed by atoms with van der Waals surface area (Å²) in [5.74, 6) is 1.77. The number of nitrogens with one attached hydrogen (secondary N) is 1. The Balaban J connectivity index is 2.54. The average Bonchev–Trinajstić information content (AvgIpc) is 2.61. The number of imidazole rings is 1. The molecule has 0 aliphatic rings. The van der Waals surface area contributed by atoms with E-state index in [2.05, 4.69) is 49.5 Å². The molecule has 0 saturated heterocycles. The number of hydrogen-bond donors (Lipinski definition) is 1. The van der Waals surface area contributed by atoms with Gasteiger partial charge in [-0.05, 0) is 18.3 Å². The molecular weight excluding hydrogens is 198 g/mol. The maximum Gasteiger partial charge on any atom is 0.125 e. The lowest BCUT2D eigenvalue weighted by atomic mass is 9.81. The Morgan fingerprint density at radius 1 is 1.38 bits per heavy atom. The second kappa shape index (κ2) is 5.00. The van der Waals surface area contributed by atoms with Crippen LogP contribution in [0.15, 0.2) is 12.4 Å². The third-order valence-corrected chi connectivity index (χ3v) is 3.67. The van der Waals surface area contributed by atoms with E-state index in [-0.39, 0.29) is 0 Å². The number of nitrogens with zero attached hydrogens (tertiary/aromatic N) is 2. The molecule has 0 fully saturated rings. The Labute approximate surface area is 99.3 Å². The van der Waals surface area contributed by atoms with Crippen LogP contribution in [-0.2, 0) is 7.05 Å². The number of hydrogen-bond acceptors (Lipinski definition) is 2. The first kappa shape index (κ1) is 13.2. The summed E-state index contributed by atoms with van der Waals surface area (Å²) in [5, 5.41) is 3.56. The van der Waals surface area contributed by atoms with Crippen molar-refractivity contribution in [2.24, 2.45) is 18.4 Å². The summed E-state index contributed by atoms with van der Waals surface area (Å²) in [6.07, 6.45) is 3.84. The maximum absolute atomic E-state index is 4.36. The van der Waals surface area contributed by atoms with Gasteiger partial charge in [-0.25, -0.2) is 4.98 Å². The van der Waals surface area contributed by atoms with Crippen LogP contribution < -0.4 is 5.32 Å². The van der Waals surface area contributed by atoms with Crippen LogP contribution in [0.3, 0.4) is 0 Å². The van der Waals surface area contributed by atoms with Crippen molar-refractivity contribution < 1.29 is 0 Å². The fourth-order valence-electron chi connectivity index (χ4n) is 1.51. The van der Waals surface area contributed by atoms with E-state index in [1.54, 1.807) is 0 Å². The van der Waals surface area contributed by atoms with Gasteiger partial charge in [-0.3, -0.25) is 0 Å². The van der Waals surface area contributed by atoms with Crippen LogP contribution in [0.2, 0.25) is 0 Å². The second-order valence-electron chi connectivity index (χ2n) is 5.64. The molecule has 0 aliphatic heterocycles.